The first-order valence-electron chi connectivity index (χ1n) is 18.1. The molecule has 18 unspecified atom stereocenters. The van der Waals surface area contributed by atoms with Crippen LogP contribution in [0, 0.1) is 47.3 Å². The summed E-state index contributed by atoms with van der Waals surface area (Å²) in [4.78, 5) is 0. The third kappa shape index (κ3) is 5.27. The van der Waals surface area contributed by atoms with Gasteiger partial charge in [-0.1, -0.05) is 38.5 Å². The minimum Gasteiger partial charge on any atom is -0.390 e. The Morgan fingerprint density at radius 2 is 0.605 bits per heavy atom. The molecule has 0 aromatic heterocycles. The predicted octanol–water partition coefficient (Wildman–Crippen LogP) is 0.545. The van der Waals surface area contributed by atoms with Gasteiger partial charge in [0.1, 0.15) is 0 Å². The van der Waals surface area contributed by atoms with E-state index in [4.69, 9.17) is 0 Å². The maximum absolute atomic E-state index is 11.4. The average Bonchev–Trinajstić information content (AvgIpc) is 3.74. The van der Waals surface area contributed by atoms with Crippen LogP contribution in [0.25, 0.3) is 0 Å². The zero-order valence-electron chi connectivity index (χ0n) is 25.5. The van der Waals surface area contributed by atoms with Crippen molar-refractivity contribution >= 4 is 0 Å². The van der Waals surface area contributed by atoms with Crippen LogP contribution in [-0.4, -0.2) is 71.7 Å². The van der Waals surface area contributed by atoms with E-state index >= 15 is 0 Å². The van der Waals surface area contributed by atoms with Gasteiger partial charge in [0, 0.05) is 28.3 Å². The first kappa shape index (κ1) is 30.7. The maximum Gasteiger partial charge on any atom is 0.0858 e. The molecule has 4 aliphatic carbocycles. The van der Waals surface area contributed by atoms with E-state index in [2.05, 4.69) is 42.5 Å². The van der Waals surface area contributed by atoms with Crippen LogP contribution in [0.4, 0.5) is 0 Å². The summed E-state index contributed by atoms with van der Waals surface area (Å²) in [6.45, 7) is 0. The van der Waals surface area contributed by atoms with Gasteiger partial charge in [0.15, 0.2) is 0 Å². The van der Waals surface area contributed by atoms with Crippen molar-refractivity contribution in [1.82, 2.24) is 42.5 Å². The van der Waals surface area contributed by atoms with Crippen LogP contribution in [0.3, 0.4) is 0 Å². The van der Waals surface area contributed by atoms with E-state index in [9.17, 15) is 10.2 Å². The van der Waals surface area contributed by atoms with E-state index in [0.29, 0.717) is 72.5 Å². The minimum atomic E-state index is -0.698. The van der Waals surface area contributed by atoms with Crippen LogP contribution in [0.1, 0.15) is 89.9 Å². The van der Waals surface area contributed by atoms with Gasteiger partial charge < -0.3 is 10.2 Å². The molecular formula is C32H56AuN8O2. The zero-order valence-corrected chi connectivity index (χ0v) is 27.7. The van der Waals surface area contributed by atoms with Crippen LogP contribution in [0.2, 0.25) is 0 Å². The molecule has 9 aliphatic rings. The minimum absolute atomic E-state index is 0. The Balaban J connectivity index is 0.00000278. The fraction of sp³-hybridized carbons (Fsp3) is 1.00. The molecule has 9 fully saturated rings. The van der Waals surface area contributed by atoms with Gasteiger partial charge in [-0.05, 0) is 92.8 Å². The zero-order chi connectivity index (χ0) is 27.9. The number of fused-ring (bicyclic) bond motifs is 20. The Morgan fingerprint density at radius 1 is 0.326 bits per heavy atom. The van der Waals surface area contributed by atoms with Gasteiger partial charge in [0.25, 0.3) is 0 Å². The number of hydrogen-bond donors (Lipinski definition) is 10. The summed E-state index contributed by atoms with van der Waals surface area (Å²) < 4.78 is 0. The first-order valence-corrected chi connectivity index (χ1v) is 18.1. The van der Waals surface area contributed by atoms with Gasteiger partial charge in [-0.3, -0.25) is 42.5 Å². The molecular weight excluding hydrogens is 725 g/mol. The molecule has 4 saturated carbocycles. The van der Waals surface area contributed by atoms with Gasteiger partial charge in [0.05, 0.1) is 61.5 Å². The molecule has 0 aromatic rings. The van der Waals surface area contributed by atoms with Crippen molar-refractivity contribution in [3.05, 3.63) is 0 Å². The first-order chi connectivity index (χ1) is 20.6. The molecule has 43 heavy (non-hydrogen) atoms. The Kier molecular flexibility index (Phi) is 8.85. The van der Waals surface area contributed by atoms with Gasteiger partial charge in [0.2, 0.25) is 0 Å². The van der Waals surface area contributed by atoms with Crippen LogP contribution in [0.15, 0.2) is 0 Å². The monoisotopic (exact) mass is 781 g/mol. The third-order valence-corrected chi connectivity index (χ3v) is 14.0. The van der Waals surface area contributed by atoms with Gasteiger partial charge in [-0.2, -0.15) is 0 Å². The van der Waals surface area contributed by atoms with Crippen molar-refractivity contribution in [1.29, 1.82) is 0 Å². The quantitative estimate of drug-likeness (QED) is 0.159. The summed E-state index contributed by atoms with van der Waals surface area (Å²) in [5.74, 6) is 4.14. The molecule has 0 amide bonds. The number of rotatable bonds is 0. The van der Waals surface area contributed by atoms with E-state index in [1.165, 1.54) is 77.0 Å². The average molecular weight is 782 g/mol. The van der Waals surface area contributed by atoms with Crippen molar-refractivity contribution in [2.45, 2.75) is 151 Å². The second-order valence-electron chi connectivity index (χ2n) is 15.9. The second kappa shape index (κ2) is 12.4. The molecule has 247 valence electrons. The van der Waals surface area contributed by atoms with Crippen molar-refractivity contribution in [2.75, 3.05) is 0 Å². The Hall–Kier alpha value is 0.340. The summed E-state index contributed by atoms with van der Waals surface area (Å²) in [7, 11) is 0. The Bertz CT molecular complexity index is 995. The normalized spacial score (nSPS) is 57.6. The number of hydrogen-bond acceptors (Lipinski definition) is 10. The predicted molar refractivity (Wildman–Crippen MR) is 160 cm³/mol. The molecule has 1 radical (unpaired) electrons. The van der Waals surface area contributed by atoms with Crippen molar-refractivity contribution < 1.29 is 32.6 Å². The molecule has 10 nitrogen and oxygen atoms in total. The van der Waals surface area contributed by atoms with Crippen molar-refractivity contribution in [2.24, 2.45) is 47.3 Å². The van der Waals surface area contributed by atoms with E-state index in [1.54, 1.807) is 0 Å². The van der Waals surface area contributed by atoms with Crippen molar-refractivity contribution in [3.63, 3.8) is 0 Å². The fourth-order valence-corrected chi connectivity index (χ4v) is 12.0. The van der Waals surface area contributed by atoms with Crippen molar-refractivity contribution in [3.8, 4) is 0 Å². The second-order valence-corrected chi connectivity index (χ2v) is 15.9. The smallest absolute Gasteiger partial charge is 0.0858 e. The largest absolute Gasteiger partial charge is 0.390 e. The molecule has 0 spiro atoms. The van der Waals surface area contributed by atoms with E-state index in [0.717, 1.165) is 6.42 Å². The fourth-order valence-electron chi connectivity index (χ4n) is 12.0. The molecule has 10 N–H and O–H groups in total. The number of aliphatic hydroxyl groups is 2. The molecule has 5 saturated heterocycles. The Labute approximate surface area is 273 Å². The topological polar surface area (TPSA) is 137 Å². The summed E-state index contributed by atoms with van der Waals surface area (Å²) in [6, 6.07) is 0. The molecule has 9 rings (SSSR count). The SMILES string of the molecule is OC1CCC2C3NC4NC(NC5NC(NC6NC(NC(N3)C2C1O)C1CCCCC61)C1CCCCC51)C1CCCCC41.[Au]. The van der Waals surface area contributed by atoms with Gasteiger partial charge >= 0.3 is 0 Å². The van der Waals surface area contributed by atoms with Crippen LogP contribution < -0.4 is 42.5 Å². The number of nitrogens with one attached hydrogen (secondary N) is 8. The number of aliphatic hydroxyl groups excluding tert-OH is 2. The summed E-state index contributed by atoms with van der Waals surface area (Å²) in [5, 5.41) is 54.9. The molecule has 11 heteroatoms. The van der Waals surface area contributed by atoms with Crippen LogP contribution in [-0.2, 0) is 22.4 Å². The molecule has 8 bridgehead atoms. The standard InChI is InChI=1S/C32H56N8O2.Au/c41-22-14-13-21-23(24(22)42)32-39-30-20-12-6-5-11-19(20)28(37-30)35-26-16-8-2-1-7-15(16)25(33-26)34-27-17-9-3-4-10-18(17)29(36-27)38-31(21)40-32;/h15-42H,1-14H2;. The Morgan fingerprint density at radius 3 is 0.930 bits per heavy atom. The van der Waals surface area contributed by atoms with E-state index in [-0.39, 0.29) is 53.0 Å². The summed E-state index contributed by atoms with van der Waals surface area (Å²) in [6.07, 6.45) is 17.9. The maximum atomic E-state index is 11.4. The van der Waals surface area contributed by atoms with Gasteiger partial charge in [-0.15, -0.1) is 0 Å². The van der Waals surface area contributed by atoms with Crippen LogP contribution >= 0.6 is 0 Å². The summed E-state index contributed by atoms with van der Waals surface area (Å²) >= 11 is 0. The third-order valence-electron chi connectivity index (χ3n) is 14.0. The van der Waals surface area contributed by atoms with Gasteiger partial charge in [-0.25, -0.2) is 0 Å². The molecule has 0 aromatic carbocycles. The summed E-state index contributed by atoms with van der Waals surface area (Å²) in [5.41, 5.74) is 0. The molecule has 18 atom stereocenters. The van der Waals surface area contributed by atoms with E-state index in [1.807, 2.05) is 0 Å². The van der Waals surface area contributed by atoms with Crippen LogP contribution in [0.5, 0.6) is 0 Å². The molecule has 5 aliphatic heterocycles. The van der Waals surface area contributed by atoms with E-state index < -0.39 is 12.2 Å². The molecule has 5 heterocycles.